The fraction of sp³-hybridized carbons (Fsp3) is 0.500. The van der Waals surface area contributed by atoms with Crippen molar-refractivity contribution in [1.82, 2.24) is 5.32 Å². The Morgan fingerprint density at radius 2 is 2.12 bits per heavy atom. The maximum atomic E-state index is 13.7. The number of nitriles is 1. The topological polar surface area (TPSA) is 35.8 Å². The number of nitrogens with one attached hydrogen (secondary N) is 1. The fourth-order valence-electron chi connectivity index (χ4n) is 2.41. The lowest BCUT2D eigenvalue weighted by atomic mass is 10.0. The summed E-state index contributed by atoms with van der Waals surface area (Å²) in [5, 5.41) is 12.4. The van der Waals surface area contributed by atoms with Crippen LogP contribution in [-0.2, 0) is 0 Å². The molecule has 2 nitrogen and oxygen atoms in total. The van der Waals surface area contributed by atoms with E-state index in [4.69, 9.17) is 0 Å². The molecule has 1 atom stereocenters. The Morgan fingerprint density at radius 1 is 1.41 bits per heavy atom. The van der Waals surface area contributed by atoms with Gasteiger partial charge in [0.25, 0.3) is 0 Å². The highest BCUT2D eigenvalue weighted by atomic mass is 19.1. The molecule has 1 aromatic rings. The molecule has 1 fully saturated rings. The monoisotopic (exact) mass is 232 g/mol. The molecule has 1 unspecified atom stereocenters. The van der Waals surface area contributed by atoms with Crippen molar-refractivity contribution in [2.75, 3.05) is 0 Å². The maximum Gasteiger partial charge on any atom is 0.129 e. The lowest BCUT2D eigenvalue weighted by molar-refractivity contribution is 0.477. The minimum absolute atomic E-state index is 0.298. The number of benzene rings is 1. The van der Waals surface area contributed by atoms with E-state index in [0.29, 0.717) is 11.6 Å². The fourth-order valence-corrected chi connectivity index (χ4v) is 2.41. The van der Waals surface area contributed by atoms with Gasteiger partial charge < -0.3 is 0 Å². The summed E-state index contributed by atoms with van der Waals surface area (Å²) in [5.41, 5.74) is 1.45. The molecule has 90 valence electrons. The smallest absolute Gasteiger partial charge is 0.129 e. The third-order valence-corrected chi connectivity index (χ3v) is 3.35. The van der Waals surface area contributed by atoms with Crippen LogP contribution in [0.5, 0.6) is 0 Å². The number of halogens is 1. The van der Waals surface area contributed by atoms with Crippen molar-refractivity contribution in [2.45, 2.75) is 44.7 Å². The highest BCUT2D eigenvalue weighted by Crippen LogP contribution is 2.23. The lowest BCUT2D eigenvalue weighted by Gasteiger charge is -2.18. The first-order chi connectivity index (χ1) is 8.20. The van der Waals surface area contributed by atoms with Crippen molar-refractivity contribution in [3.8, 4) is 6.07 Å². The SMILES string of the molecule is Cc1ccc(F)c(C(C#N)NC2CCCC2)c1. The Morgan fingerprint density at radius 3 is 2.76 bits per heavy atom. The molecule has 1 aliphatic rings. The summed E-state index contributed by atoms with van der Waals surface area (Å²) in [4.78, 5) is 0. The van der Waals surface area contributed by atoms with Gasteiger partial charge in [-0.05, 0) is 25.8 Å². The van der Waals surface area contributed by atoms with Crippen LogP contribution in [0.15, 0.2) is 18.2 Å². The molecule has 0 bridgehead atoms. The summed E-state index contributed by atoms with van der Waals surface area (Å²) >= 11 is 0. The van der Waals surface area contributed by atoms with Crippen LogP contribution in [-0.4, -0.2) is 6.04 Å². The molecule has 1 N–H and O–H groups in total. The van der Waals surface area contributed by atoms with E-state index in [1.54, 1.807) is 12.1 Å². The Kier molecular flexibility index (Phi) is 3.75. The number of rotatable bonds is 3. The summed E-state index contributed by atoms with van der Waals surface area (Å²) in [7, 11) is 0. The molecular weight excluding hydrogens is 215 g/mol. The molecule has 0 amide bonds. The van der Waals surface area contributed by atoms with Gasteiger partial charge in [-0.25, -0.2) is 4.39 Å². The Labute approximate surface area is 101 Å². The molecule has 1 aromatic carbocycles. The van der Waals surface area contributed by atoms with E-state index in [9.17, 15) is 9.65 Å². The number of nitrogens with zero attached hydrogens (tertiary/aromatic N) is 1. The normalized spacial score (nSPS) is 17.9. The summed E-state index contributed by atoms with van der Waals surface area (Å²) in [6.45, 7) is 1.91. The second-order valence-corrected chi connectivity index (χ2v) is 4.74. The number of hydrogen-bond acceptors (Lipinski definition) is 2. The predicted octanol–water partition coefficient (Wildman–Crippen LogP) is 3.23. The van der Waals surface area contributed by atoms with E-state index in [-0.39, 0.29) is 5.82 Å². The van der Waals surface area contributed by atoms with Gasteiger partial charge in [0.2, 0.25) is 0 Å². The molecule has 0 aromatic heterocycles. The standard InChI is InChI=1S/C14H17FN2/c1-10-6-7-13(15)12(8-10)14(9-16)17-11-4-2-3-5-11/h6-8,11,14,17H,2-5H2,1H3. The molecular formula is C14H17FN2. The van der Waals surface area contributed by atoms with Gasteiger partial charge in [-0.1, -0.05) is 30.5 Å². The van der Waals surface area contributed by atoms with Crippen LogP contribution >= 0.6 is 0 Å². The van der Waals surface area contributed by atoms with Crippen molar-refractivity contribution in [1.29, 1.82) is 5.26 Å². The van der Waals surface area contributed by atoms with E-state index in [2.05, 4.69) is 11.4 Å². The zero-order chi connectivity index (χ0) is 12.3. The van der Waals surface area contributed by atoms with Crippen molar-refractivity contribution < 1.29 is 4.39 Å². The van der Waals surface area contributed by atoms with E-state index < -0.39 is 6.04 Å². The van der Waals surface area contributed by atoms with Crippen LogP contribution < -0.4 is 5.32 Å². The quantitative estimate of drug-likeness (QED) is 0.868. The minimum Gasteiger partial charge on any atom is -0.295 e. The predicted molar refractivity (Wildman–Crippen MR) is 64.9 cm³/mol. The van der Waals surface area contributed by atoms with Gasteiger partial charge in [-0.2, -0.15) is 5.26 Å². The van der Waals surface area contributed by atoms with E-state index in [0.717, 1.165) is 18.4 Å². The molecule has 1 aliphatic carbocycles. The van der Waals surface area contributed by atoms with Crippen LogP contribution in [0.2, 0.25) is 0 Å². The Balaban J connectivity index is 2.16. The van der Waals surface area contributed by atoms with E-state index in [1.807, 2.05) is 6.92 Å². The second-order valence-electron chi connectivity index (χ2n) is 4.74. The van der Waals surface area contributed by atoms with Crippen LogP contribution in [0.25, 0.3) is 0 Å². The molecule has 3 heteroatoms. The molecule has 0 saturated heterocycles. The average molecular weight is 232 g/mol. The summed E-state index contributed by atoms with van der Waals surface area (Å²) in [6.07, 6.45) is 4.58. The first-order valence-corrected chi connectivity index (χ1v) is 6.12. The van der Waals surface area contributed by atoms with Gasteiger partial charge in [-0.3, -0.25) is 5.32 Å². The highest BCUT2D eigenvalue weighted by Gasteiger charge is 2.21. The van der Waals surface area contributed by atoms with Gasteiger partial charge in [0, 0.05) is 11.6 Å². The molecule has 0 heterocycles. The van der Waals surface area contributed by atoms with Crippen molar-refractivity contribution in [3.63, 3.8) is 0 Å². The van der Waals surface area contributed by atoms with Gasteiger partial charge in [0.1, 0.15) is 11.9 Å². The minimum atomic E-state index is -0.530. The van der Waals surface area contributed by atoms with E-state index in [1.165, 1.54) is 18.9 Å². The van der Waals surface area contributed by atoms with Crippen molar-refractivity contribution in [3.05, 3.63) is 35.1 Å². The molecule has 1 saturated carbocycles. The summed E-state index contributed by atoms with van der Waals surface area (Å²) < 4.78 is 13.7. The van der Waals surface area contributed by atoms with Gasteiger partial charge in [0.15, 0.2) is 0 Å². The zero-order valence-electron chi connectivity index (χ0n) is 10.0. The number of aryl methyl sites for hydroxylation is 1. The first-order valence-electron chi connectivity index (χ1n) is 6.12. The molecule has 17 heavy (non-hydrogen) atoms. The molecule has 2 rings (SSSR count). The largest absolute Gasteiger partial charge is 0.295 e. The molecule has 0 spiro atoms. The summed E-state index contributed by atoms with van der Waals surface area (Å²) in [5.74, 6) is -0.298. The van der Waals surface area contributed by atoms with Gasteiger partial charge in [0.05, 0.1) is 6.07 Å². The maximum absolute atomic E-state index is 13.7. The lowest BCUT2D eigenvalue weighted by Crippen LogP contribution is -2.30. The highest BCUT2D eigenvalue weighted by molar-refractivity contribution is 5.30. The third-order valence-electron chi connectivity index (χ3n) is 3.35. The van der Waals surface area contributed by atoms with E-state index >= 15 is 0 Å². The van der Waals surface area contributed by atoms with Crippen molar-refractivity contribution in [2.24, 2.45) is 0 Å². The second kappa shape index (κ2) is 5.29. The third kappa shape index (κ3) is 2.83. The van der Waals surface area contributed by atoms with Gasteiger partial charge >= 0.3 is 0 Å². The Hall–Kier alpha value is -1.40. The summed E-state index contributed by atoms with van der Waals surface area (Å²) in [6, 6.07) is 6.91. The number of hydrogen-bond donors (Lipinski definition) is 1. The zero-order valence-corrected chi connectivity index (χ0v) is 10.0. The van der Waals surface area contributed by atoms with Crippen LogP contribution in [0.3, 0.4) is 0 Å². The van der Waals surface area contributed by atoms with Crippen LogP contribution in [0.4, 0.5) is 4.39 Å². The van der Waals surface area contributed by atoms with Crippen LogP contribution in [0, 0.1) is 24.1 Å². The van der Waals surface area contributed by atoms with Crippen LogP contribution in [0.1, 0.15) is 42.9 Å². The Bertz CT molecular complexity index is 430. The molecule has 0 aliphatic heterocycles. The van der Waals surface area contributed by atoms with Gasteiger partial charge in [-0.15, -0.1) is 0 Å². The van der Waals surface area contributed by atoms with Crippen molar-refractivity contribution >= 4 is 0 Å². The molecule has 0 radical (unpaired) electrons. The first kappa shape index (κ1) is 12.1. The average Bonchev–Trinajstić information content (AvgIpc) is 2.82.